The Morgan fingerprint density at radius 2 is 1.92 bits per heavy atom. The van der Waals surface area contributed by atoms with Crippen LogP contribution < -0.4 is 10.6 Å². The summed E-state index contributed by atoms with van der Waals surface area (Å²) in [4.78, 5) is 19.2. The number of amides is 1. The number of hydrogen-bond donors (Lipinski definition) is 2. The summed E-state index contributed by atoms with van der Waals surface area (Å²) in [6.07, 6.45) is 1.27. The van der Waals surface area contributed by atoms with E-state index in [0.29, 0.717) is 35.5 Å². The zero-order chi connectivity index (χ0) is 18.2. The fourth-order valence-corrected chi connectivity index (χ4v) is 3.56. The van der Waals surface area contributed by atoms with Gasteiger partial charge in [0.1, 0.15) is 0 Å². The third-order valence-corrected chi connectivity index (χ3v) is 4.61. The van der Waals surface area contributed by atoms with Gasteiger partial charge in [-0.3, -0.25) is 9.79 Å². The molecule has 1 aromatic carbocycles. The zero-order valence-electron chi connectivity index (χ0n) is 15.4. The Labute approximate surface area is 155 Å². The topological polar surface area (TPSA) is 56.7 Å². The molecular weight excluding hydrogens is 336 g/mol. The average Bonchev–Trinajstić information content (AvgIpc) is 2.57. The molecule has 0 saturated carbocycles. The van der Waals surface area contributed by atoms with Crippen LogP contribution in [-0.2, 0) is 0 Å². The van der Waals surface area contributed by atoms with Crippen molar-refractivity contribution in [3.63, 3.8) is 0 Å². The minimum absolute atomic E-state index is 0.161. The van der Waals surface area contributed by atoms with Crippen LogP contribution in [0, 0.1) is 11.8 Å². The first-order valence-corrected chi connectivity index (χ1v) is 9.45. The fourth-order valence-electron chi connectivity index (χ4n) is 3.33. The molecule has 1 fully saturated rings. The van der Waals surface area contributed by atoms with Crippen molar-refractivity contribution in [2.45, 2.75) is 27.2 Å². The van der Waals surface area contributed by atoms with Gasteiger partial charge in [0.05, 0.1) is 17.1 Å². The lowest BCUT2D eigenvalue weighted by Crippen LogP contribution is -2.48. The highest BCUT2D eigenvalue weighted by Crippen LogP contribution is 2.20. The first kappa shape index (κ1) is 19.6. The SMILES string of the molecule is CCNC(=NCCNC(=O)c1ccccc1Cl)N1CC(C)CC(C)C1. The first-order chi connectivity index (χ1) is 12.0. The quantitative estimate of drug-likeness (QED) is 0.479. The molecule has 5 nitrogen and oxygen atoms in total. The van der Waals surface area contributed by atoms with Crippen molar-refractivity contribution in [2.24, 2.45) is 16.8 Å². The molecular formula is C19H29ClN4O. The van der Waals surface area contributed by atoms with Gasteiger partial charge in [0.2, 0.25) is 0 Å². The molecule has 1 aliphatic heterocycles. The highest BCUT2D eigenvalue weighted by molar-refractivity contribution is 6.33. The predicted octanol–water partition coefficient (Wildman–Crippen LogP) is 3.01. The van der Waals surface area contributed by atoms with E-state index in [2.05, 4.69) is 41.3 Å². The molecule has 1 heterocycles. The number of likely N-dealkylation sites (tertiary alicyclic amines) is 1. The van der Waals surface area contributed by atoms with E-state index in [-0.39, 0.29) is 5.91 Å². The molecule has 0 aromatic heterocycles. The average molecular weight is 365 g/mol. The summed E-state index contributed by atoms with van der Waals surface area (Å²) in [6, 6.07) is 7.06. The number of halogens is 1. The monoisotopic (exact) mass is 364 g/mol. The number of aliphatic imine (C=N–C) groups is 1. The summed E-state index contributed by atoms with van der Waals surface area (Å²) < 4.78 is 0. The van der Waals surface area contributed by atoms with Crippen LogP contribution in [0.15, 0.2) is 29.3 Å². The van der Waals surface area contributed by atoms with Gasteiger partial charge in [-0.15, -0.1) is 0 Å². The number of piperidine rings is 1. The third-order valence-electron chi connectivity index (χ3n) is 4.28. The van der Waals surface area contributed by atoms with Gasteiger partial charge in [-0.2, -0.15) is 0 Å². The van der Waals surface area contributed by atoms with Crippen LogP contribution in [0.1, 0.15) is 37.6 Å². The maximum Gasteiger partial charge on any atom is 0.252 e. The van der Waals surface area contributed by atoms with Crippen molar-refractivity contribution in [3.8, 4) is 0 Å². The first-order valence-electron chi connectivity index (χ1n) is 9.07. The van der Waals surface area contributed by atoms with Crippen LogP contribution in [0.5, 0.6) is 0 Å². The number of hydrogen-bond acceptors (Lipinski definition) is 2. The van der Waals surface area contributed by atoms with E-state index in [0.717, 1.165) is 25.6 Å². The van der Waals surface area contributed by atoms with Crippen LogP contribution in [0.2, 0.25) is 5.02 Å². The van der Waals surface area contributed by atoms with E-state index in [1.54, 1.807) is 18.2 Å². The second-order valence-corrected chi connectivity index (χ2v) is 7.23. The molecule has 6 heteroatoms. The van der Waals surface area contributed by atoms with Crippen LogP contribution in [0.3, 0.4) is 0 Å². The van der Waals surface area contributed by atoms with Gasteiger partial charge < -0.3 is 15.5 Å². The van der Waals surface area contributed by atoms with E-state index in [1.165, 1.54) is 6.42 Å². The summed E-state index contributed by atoms with van der Waals surface area (Å²) >= 11 is 6.05. The summed E-state index contributed by atoms with van der Waals surface area (Å²) in [6.45, 7) is 10.6. The molecule has 0 spiro atoms. The van der Waals surface area contributed by atoms with E-state index < -0.39 is 0 Å². The summed E-state index contributed by atoms with van der Waals surface area (Å²) in [5.41, 5.74) is 0.499. The Morgan fingerprint density at radius 1 is 1.24 bits per heavy atom. The van der Waals surface area contributed by atoms with Gasteiger partial charge in [-0.25, -0.2) is 0 Å². The van der Waals surface area contributed by atoms with Crippen LogP contribution in [0.4, 0.5) is 0 Å². The van der Waals surface area contributed by atoms with Gasteiger partial charge in [0, 0.05) is 26.2 Å². The Hall–Kier alpha value is -1.75. The highest BCUT2D eigenvalue weighted by atomic mass is 35.5. The molecule has 0 aliphatic carbocycles. The Kier molecular flexibility index (Phi) is 7.56. The number of guanidine groups is 1. The summed E-state index contributed by atoms with van der Waals surface area (Å²) in [5, 5.41) is 6.71. The largest absolute Gasteiger partial charge is 0.357 e. The van der Waals surface area contributed by atoms with Crippen molar-refractivity contribution < 1.29 is 4.79 Å². The lowest BCUT2D eigenvalue weighted by Gasteiger charge is -2.37. The maximum atomic E-state index is 12.2. The van der Waals surface area contributed by atoms with Crippen LogP contribution in [-0.4, -0.2) is 49.5 Å². The number of carbonyl (C=O) groups excluding carboxylic acids is 1. The maximum absolute atomic E-state index is 12.2. The molecule has 1 amide bonds. The molecule has 2 rings (SSSR count). The molecule has 1 aliphatic rings. The molecule has 2 N–H and O–H groups in total. The fraction of sp³-hybridized carbons (Fsp3) is 0.579. The van der Waals surface area contributed by atoms with E-state index in [4.69, 9.17) is 11.6 Å². The molecule has 2 atom stereocenters. The molecule has 1 saturated heterocycles. The number of rotatable bonds is 5. The Bertz CT molecular complexity index is 595. The minimum Gasteiger partial charge on any atom is -0.357 e. The normalized spacial score (nSPS) is 21.1. The van der Waals surface area contributed by atoms with Gasteiger partial charge in [-0.1, -0.05) is 37.6 Å². The molecule has 2 unspecified atom stereocenters. The molecule has 0 bridgehead atoms. The molecule has 0 radical (unpaired) electrons. The van der Waals surface area contributed by atoms with Crippen molar-refractivity contribution >= 4 is 23.5 Å². The summed E-state index contributed by atoms with van der Waals surface area (Å²) in [5.74, 6) is 2.12. The Morgan fingerprint density at radius 3 is 2.56 bits per heavy atom. The van der Waals surface area contributed by atoms with E-state index >= 15 is 0 Å². The van der Waals surface area contributed by atoms with E-state index in [1.807, 2.05) is 6.07 Å². The number of benzene rings is 1. The predicted molar refractivity (Wildman–Crippen MR) is 104 cm³/mol. The van der Waals surface area contributed by atoms with Gasteiger partial charge in [0.25, 0.3) is 5.91 Å². The molecule has 1 aromatic rings. The molecule has 138 valence electrons. The van der Waals surface area contributed by atoms with Crippen molar-refractivity contribution in [2.75, 3.05) is 32.7 Å². The van der Waals surface area contributed by atoms with Gasteiger partial charge in [-0.05, 0) is 37.3 Å². The van der Waals surface area contributed by atoms with Crippen molar-refractivity contribution in [1.82, 2.24) is 15.5 Å². The Balaban J connectivity index is 1.89. The smallest absolute Gasteiger partial charge is 0.252 e. The number of nitrogens with one attached hydrogen (secondary N) is 2. The van der Waals surface area contributed by atoms with Gasteiger partial charge in [0.15, 0.2) is 5.96 Å². The molecule has 25 heavy (non-hydrogen) atoms. The van der Waals surface area contributed by atoms with Gasteiger partial charge >= 0.3 is 0 Å². The lowest BCUT2D eigenvalue weighted by molar-refractivity contribution is 0.0955. The second kappa shape index (κ2) is 9.66. The third kappa shape index (κ3) is 5.92. The number of carbonyl (C=O) groups is 1. The standard InChI is InChI=1S/C19H29ClN4O/c1-4-21-19(24-12-14(2)11-15(3)13-24)23-10-9-22-18(25)16-7-5-6-8-17(16)20/h5-8,14-15H,4,9-13H2,1-3H3,(H,21,23)(H,22,25). The van der Waals surface area contributed by atoms with Crippen LogP contribution >= 0.6 is 11.6 Å². The zero-order valence-corrected chi connectivity index (χ0v) is 16.1. The second-order valence-electron chi connectivity index (χ2n) is 6.82. The van der Waals surface area contributed by atoms with Crippen molar-refractivity contribution in [1.29, 1.82) is 0 Å². The highest BCUT2D eigenvalue weighted by Gasteiger charge is 2.23. The minimum atomic E-state index is -0.161. The van der Waals surface area contributed by atoms with Crippen LogP contribution in [0.25, 0.3) is 0 Å². The summed E-state index contributed by atoms with van der Waals surface area (Å²) in [7, 11) is 0. The number of nitrogens with zero attached hydrogens (tertiary/aromatic N) is 2. The lowest BCUT2D eigenvalue weighted by atomic mass is 9.92. The van der Waals surface area contributed by atoms with E-state index in [9.17, 15) is 4.79 Å². The van der Waals surface area contributed by atoms with Crippen molar-refractivity contribution in [3.05, 3.63) is 34.9 Å².